The predicted octanol–water partition coefficient (Wildman–Crippen LogP) is 6.81. The molecule has 0 spiro atoms. The Morgan fingerprint density at radius 2 is 1.43 bits per heavy atom. The van der Waals surface area contributed by atoms with Crippen LogP contribution < -0.4 is 5.56 Å². The van der Waals surface area contributed by atoms with Gasteiger partial charge in [-0.05, 0) is 55.2 Å². The van der Waals surface area contributed by atoms with E-state index in [1.807, 2.05) is 93.7 Å². The van der Waals surface area contributed by atoms with Crippen molar-refractivity contribution in [3.8, 4) is 0 Å². The number of carbonyl (C=O) groups is 1. The van der Waals surface area contributed by atoms with Gasteiger partial charge in [0.05, 0.1) is 12.1 Å². The molecule has 5 aromatic rings. The maximum Gasteiger partial charge on any atom is 0.418 e. The average Bonchev–Trinajstić information content (AvgIpc) is 3.32. The smallest absolute Gasteiger partial charge is 0.418 e. The molecule has 186 valence electrons. The normalized spacial score (nSPS) is 11.7. The first-order valence-corrected chi connectivity index (χ1v) is 12.4. The molecule has 5 heteroatoms. The fraction of sp³-hybridized carbons (Fsp3) is 0.188. The Hall–Kier alpha value is -4.38. The van der Waals surface area contributed by atoms with Gasteiger partial charge in [0.25, 0.3) is 5.56 Å². The van der Waals surface area contributed by atoms with E-state index in [0.29, 0.717) is 6.54 Å². The Morgan fingerprint density at radius 3 is 2.05 bits per heavy atom. The zero-order valence-electron chi connectivity index (χ0n) is 21.3. The van der Waals surface area contributed by atoms with Crippen molar-refractivity contribution in [2.75, 3.05) is 0 Å². The third-order valence-electron chi connectivity index (χ3n) is 6.36. The maximum atomic E-state index is 13.0. The zero-order valence-corrected chi connectivity index (χ0v) is 21.3. The predicted molar refractivity (Wildman–Crippen MR) is 147 cm³/mol. The van der Waals surface area contributed by atoms with Gasteiger partial charge in [0.2, 0.25) is 0 Å². The summed E-state index contributed by atoms with van der Waals surface area (Å²) in [7, 11) is 0. The largest absolute Gasteiger partial charge is 0.443 e. The van der Waals surface area contributed by atoms with Crippen molar-refractivity contribution in [2.45, 2.75) is 38.8 Å². The van der Waals surface area contributed by atoms with Crippen LogP contribution in [0.15, 0.2) is 114 Å². The maximum absolute atomic E-state index is 13.0. The van der Waals surface area contributed by atoms with Crippen molar-refractivity contribution in [3.63, 3.8) is 0 Å². The first-order chi connectivity index (χ1) is 17.8. The number of benzene rings is 3. The van der Waals surface area contributed by atoms with Gasteiger partial charge >= 0.3 is 6.09 Å². The molecular weight excluding hydrogens is 460 g/mol. The average molecular weight is 491 g/mol. The second-order valence-electron chi connectivity index (χ2n) is 10.2. The third-order valence-corrected chi connectivity index (χ3v) is 6.36. The topological polar surface area (TPSA) is 53.2 Å². The summed E-state index contributed by atoms with van der Waals surface area (Å²) >= 11 is 0. The second-order valence-corrected chi connectivity index (χ2v) is 10.2. The lowest BCUT2D eigenvalue weighted by Crippen LogP contribution is -2.26. The van der Waals surface area contributed by atoms with Gasteiger partial charge in [-0.2, -0.15) is 0 Å². The highest BCUT2D eigenvalue weighted by atomic mass is 16.6. The molecule has 0 N–H and O–H groups in total. The van der Waals surface area contributed by atoms with Crippen LogP contribution in [0.5, 0.6) is 0 Å². The Balaban J connectivity index is 1.53. The van der Waals surface area contributed by atoms with Crippen LogP contribution >= 0.6 is 0 Å². The number of hydrogen-bond acceptors (Lipinski definition) is 3. The van der Waals surface area contributed by atoms with Gasteiger partial charge < -0.3 is 9.30 Å². The molecule has 0 fully saturated rings. The molecule has 0 saturated carbocycles. The molecule has 5 nitrogen and oxygen atoms in total. The molecule has 0 radical (unpaired) electrons. The number of hydrogen-bond donors (Lipinski definition) is 0. The van der Waals surface area contributed by atoms with Crippen LogP contribution in [0.3, 0.4) is 0 Å². The first-order valence-electron chi connectivity index (χ1n) is 12.4. The number of fused-ring (bicyclic) bond motifs is 1. The van der Waals surface area contributed by atoms with Gasteiger partial charge in [-0.3, -0.25) is 9.36 Å². The van der Waals surface area contributed by atoms with Crippen LogP contribution in [0.4, 0.5) is 4.79 Å². The van der Waals surface area contributed by atoms with Crippen LogP contribution in [-0.2, 0) is 11.3 Å². The Labute approximate surface area is 216 Å². The van der Waals surface area contributed by atoms with E-state index in [0.717, 1.165) is 33.2 Å². The second kappa shape index (κ2) is 9.94. The number of pyridine rings is 1. The van der Waals surface area contributed by atoms with Gasteiger partial charge in [-0.1, -0.05) is 78.9 Å². The Morgan fingerprint density at radius 1 is 0.784 bits per heavy atom. The van der Waals surface area contributed by atoms with E-state index in [4.69, 9.17) is 4.74 Å². The molecule has 0 bridgehead atoms. The van der Waals surface area contributed by atoms with E-state index in [1.165, 1.54) is 4.57 Å². The minimum absolute atomic E-state index is 0.00158. The van der Waals surface area contributed by atoms with Crippen molar-refractivity contribution in [1.29, 1.82) is 0 Å². The summed E-state index contributed by atoms with van der Waals surface area (Å²) in [5, 5.41) is 0.910. The lowest BCUT2D eigenvalue weighted by atomic mass is 9.86. The highest BCUT2D eigenvalue weighted by molar-refractivity contribution is 5.91. The first kappa shape index (κ1) is 24.3. The molecule has 37 heavy (non-hydrogen) atoms. The fourth-order valence-electron chi connectivity index (χ4n) is 4.74. The molecule has 0 aliphatic heterocycles. The number of ether oxygens (including phenoxy) is 1. The van der Waals surface area contributed by atoms with Gasteiger partial charge in [0, 0.05) is 29.8 Å². The highest BCUT2D eigenvalue weighted by Gasteiger charge is 2.20. The number of aromatic nitrogens is 2. The molecule has 5 rings (SSSR count). The SMILES string of the molecule is CC(C)(C)OC(=O)n1ccc2c(Cn3cc(C(c4ccccc4)c4ccccc4)ccc3=O)cccc21. The number of carbonyl (C=O) groups excluding carboxylic acids is 1. The standard InChI is InChI=1S/C32H30N2O3/c1-32(2,3)37-31(36)34-20-19-27-25(15-10-16-28(27)34)21-33-22-26(17-18-29(33)35)30(23-11-6-4-7-12-23)24-13-8-5-9-14-24/h4-20,22,30H,21H2,1-3H3. The number of nitrogens with zero attached hydrogens (tertiary/aromatic N) is 2. The number of rotatable bonds is 5. The van der Waals surface area contributed by atoms with Crippen LogP contribution in [-0.4, -0.2) is 20.8 Å². The summed E-state index contributed by atoms with van der Waals surface area (Å²) in [6, 6.07) is 31.9. The third kappa shape index (κ3) is 5.26. The molecule has 0 unspecified atom stereocenters. The van der Waals surface area contributed by atoms with Crippen LogP contribution in [0.2, 0.25) is 0 Å². The summed E-state index contributed by atoms with van der Waals surface area (Å²) in [5.74, 6) is -0.00158. The van der Waals surface area contributed by atoms with Crippen molar-refractivity contribution in [1.82, 2.24) is 9.13 Å². The van der Waals surface area contributed by atoms with Gasteiger partial charge in [0.15, 0.2) is 0 Å². The van der Waals surface area contributed by atoms with Gasteiger partial charge in [-0.15, -0.1) is 0 Å². The molecular formula is C32H30N2O3. The minimum Gasteiger partial charge on any atom is -0.443 e. The van der Waals surface area contributed by atoms with Crippen LogP contribution in [0, 0.1) is 0 Å². The lowest BCUT2D eigenvalue weighted by molar-refractivity contribution is 0.0544. The van der Waals surface area contributed by atoms with E-state index in [2.05, 4.69) is 24.3 Å². The summed E-state index contributed by atoms with van der Waals surface area (Å²) in [5.41, 5.74) is 4.40. The van der Waals surface area contributed by atoms with E-state index in [9.17, 15) is 9.59 Å². The van der Waals surface area contributed by atoms with Gasteiger partial charge in [-0.25, -0.2) is 4.79 Å². The fourth-order valence-corrected chi connectivity index (χ4v) is 4.74. The molecule has 0 amide bonds. The lowest BCUT2D eigenvalue weighted by Gasteiger charge is -2.20. The van der Waals surface area contributed by atoms with Crippen molar-refractivity contribution in [2.24, 2.45) is 0 Å². The zero-order chi connectivity index (χ0) is 26.0. The van der Waals surface area contributed by atoms with E-state index in [-0.39, 0.29) is 11.5 Å². The summed E-state index contributed by atoms with van der Waals surface area (Å²) < 4.78 is 8.82. The van der Waals surface area contributed by atoms with E-state index < -0.39 is 11.7 Å². The highest BCUT2D eigenvalue weighted by Crippen LogP contribution is 2.31. The van der Waals surface area contributed by atoms with Crippen LogP contribution in [0.1, 0.15) is 48.9 Å². The van der Waals surface area contributed by atoms with Crippen molar-refractivity contribution >= 4 is 17.0 Å². The molecule has 0 saturated heterocycles. The minimum atomic E-state index is -0.590. The van der Waals surface area contributed by atoms with Crippen LogP contribution in [0.25, 0.3) is 10.9 Å². The summed E-state index contributed by atoms with van der Waals surface area (Å²) in [6.07, 6.45) is 3.26. The monoisotopic (exact) mass is 490 g/mol. The Kier molecular flexibility index (Phi) is 6.53. The molecule has 0 atom stereocenters. The van der Waals surface area contributed by atoms with E-state index >= 15 is 0 Å². The molecule has 0 aliphatic rings. The quantitative estimate of drug-likeness (QED) is 0.272. The van der Waals surface area contributed by atoms with Gasteiger partial charge in [0.1, 0.15) is 5.60 Å². The summed E-state index contributed by atoms with van der Waals surface area (Å²) in [4.78, 5) is 25.7. The molecule has 2 aromatic heterocycles. The molecule has 2 heterocycles. The Bertz CT molecular complexity index is 1550. The van der Waals surface area contributed by atoms with Crippen molar-refractivity contribution < 1.29 is 9.53 Å². The van der Waals surface area contributed by atoms with Crippen molar-refractivity contribution in [3.05, 3.63) is 142 Å². The molecule has 3 aromatic carbocycles. The van der Waals surface area contributed by atoms with E-state index in [1.54, 1.807) is 16.8 Å². The summed E-state index contributed by atoms with van der Waals surface area (Å²) in [6.45, 7) is 5.93. The molecule has 0 aliphatic carbocycles.